The summed E-state index contributed by atoms with van der Waals surface area (Å²) < 4.78 is 18.1. The topological polar surface area (TPSA) is 114 Å². The van der Waals surface area contributed by atoms with Crippen molar-refractivity contribution in [3.05, 3.63) is 29.8 Å². The number of nitrogens with zero attached hydrogens (tertiary/aromatic N) is 1. The molecule has 0 aliphatic carbocycles. The van der Waals surface area contributed by atoms with E-state index in [1.54, 1.807) is 17.6 Å². The predicted octanol–water partition coefficient (Wildman–Crippen LogP) is 0.931. The van der Waals surface area contributed by atoms with E-state index in [9.17, 15) is 9.36 Å². The van der Waals surface area contributed by atoms with Crippen molar-refractivity contribution in [2.45, 2.75) is 6.92 Å². The molecule has 1 aromatic carbocycles. The maximum absolute atomic E-state index is 12.9. The highest BCUT2D eigenvalue weighted by Gasteiger charge is 2.38. The third-order valence-corrected chi connectivity index (χ3v) is 4.96. The zero-order valence-electron chi connectivity index (χ0n) is 10.7. The zero-order chi connectivity index (χ0) is 15.2. The van der Waals surface area contributed by atoms with E-state index in [1.807, 2.05) is 6.92 Å². The van der Waals surface area contributed by atoms with E-state index in [4.69, 9.17) is 27.2 Å². The molecule has 0 fully saturated rings. The van der Waals surface area contributed by atoms with Crippen molar-refractivity contribution in [2.75, 3.05) is 12.5 Å². The molecule has 1 rings (SSSR count). The molecule has 9 heteroatoms. The summed E-state index contributed by atoms with van der Waals surface area (Å²) in [6.45, 7) is 1.77. The number of hydrazine groups is 1. The molecular weight excluding hydrogens is 305 g/mol. The number of nitrogens with two attached hydrogens (primary N) is 1. The van der Waals surface area contributed by atoms with Gasteiger partial charge in [0.15, 0.2) is 0 Å². The molecule has 0 aromatic heterocycles. The Morgan fingerprint density at radius 3 is 2.55 bits per heavy atom. The van der Waals surface area contributed by atoms with E-state index in [2.05, 4.69) is 5.16 Å². The molecule has 0 aliphatic heterocycles. The van der Waals surface area contributed by atoms with Gasteiger partial charge in [-0.15, -0.1) is 11.6 Å². The molecule has 7 nitrogen and oxygen atoms in total. The zero-order valence-corrected chi connectivity index (χ0v) is 12.4. The highest BCUT2D eigenvalue weighted by Crippen LogP contribution is 2.47. The highest BCUT2D eigenvalue weighted by molar-refractivity contribution is 7.85. The Labute approximate surface area is 121 Å². The Hall–Kier alpha value is -1.40. The minimum absolute atomic E-state index is 0.0683. The number of carbonyl (C=O) groups is 1. The molecule has 1 unspecified atom stereocenters. The van der Waals surface area contributed by atoms with Gasteiger partial charge in [0.2, 0.25) is 5.45 Å². The number of carbonyl (C=O) groups excluding carboxylic acids is 1. The normalized spacial score (nSPS) is 14.7. The van der Waals surface area contributed by atoms with Crippen LogP contribution >= 0.6 is 19.0 Å². The van der Waals surface area contributed by atoms with E-state index in [-0.39, 0.29) is 17.8 Å². The van der Waals surface area contributed by atoms with Crippen molar-refractivity contribution >= 4 is 35.6 Å². The van der Waals surface area contributed by atoms with Gasteiger partial charge in [-0.05, 0) is 19.1 Å². The molecule has 0 spiro atoms. The molecule has 1 atom stereocenters. The van der Waals surface area contributed by atoms with E-state index < -0.39 is 18.7 Å². The number of oxime groups is 1. The van der Waals surface area contributed by atoms with E-state index in [1.165, 1.54) is 12.1 Å². The lowest BCUT2D eigenvalue weighted by atomic mass is 10.2. The summed E-state index contributed by atoms with van der Waals surface area (Å²) in [7, 11) is -3.87. The largest absolute Gasteiger partial charge is 0.410 e. The summed E-state index contributed by atoms with van der Waals surface area (Å²) in [5.74, 6) is 4.06. The van der Waals surface area contributed by atoms with Gasteiger partial charge in [-0.3, -0.25) is 14.8 Å². The van der Waals surface area contributed by atoms with Crippen LogP contribution in [-0.4, -0.2) is 29.1 Å². The van der Waals surface area contributed by atoms with E-state index in [0.717, 1.165) is 5.56 Å². The maximum atomic E-state index is 12.9. The Morgan fingerprint density at radius 2 is 2.10 bits per heavy atom. The van der Waals surface area contributed by atoms with Crippen LogP contribution in [0.5, 0.6) is 0 Å². The van der Waals surface area contributed by atoms with Crippen molar-refractivity contribution < 1.29 is 19.1 Å². The minimum Gasteiger partial charge on any atom is -0.410 e. The van der Waals surface area contributed by atoms with Crippen LogP contribution in [0.25, 0.3) is 0 Å². The van der Waals surface area contributed by atoms with Gasteiger partial charge in [0.1, 0.15) is 0 Å². The van der Waals surface area contributed by atoms with Gasteiger partial charge in [-0.2, -0.15) is 0 Å². The van der Waals surface area contributed by atoms with Crippen LogP contribution in [0.15, 0.2) is 29.4 Å². The average molecular weight is 320 g/mol. The van der Waals surface area contributed by atoms with Crippen LogP contribution in [0.3, 0.4) is 0 Å². The first-order valence-corrected chi connectivity index (χ1v) is 7.77. The summed E-state index contributed by atoms with van der Waals surface area (Å²) >= 11 is 5.51. The minimum atomic E-state index is -3.87. The number of alkyl halides is 1. The summed E-state index contributed by atoms with van der Waals surface area (Å²) in [6, 6.07) is 6.45. The molecule has 0 saturated carbocycles. The second-order valence-electron chi connectivity index (χ2n) is 3.81. The van der Waals surface area contributed by atoms with Gasteiger partial charge >= 0.3 is 0 Å². The van der Waals surface area contributed by atoms with Crippen LogP contribution in [-0.2, 0) is 13.9 Å². The van der Waals surface area contributed by atoms with Gasteiger partial charge in [0.05, 0.1) is 6.61 Å². The van der Waals surface area contributed by atoms with Crippen LogP contribution in [0, 0.1) is 6.92 Å². The first kappa shape index (κ1) is 16.7. The number of hydrogen-bond donors (Lipinski definition) is 3. The molecule has 4 N–H and O–H groups in total. The summed E-state index contributed by atoms with van der Waals surface area (Å²) in [5.41, 5.74) is 2.01. The number of halogens is 1. The lowest BCUT2D eigenvalue weighted by molar-refractivity contribution is -0.114. The van der Waals surface area contributed by atoms with Crippen molar-refractivity contribution in [2.24, 2.45) is 11.0 Å². The fourth-order valence-corrected chi connectivity index (χ4v) is 3.50. The Bertz CT molecular complexity index is 547. The number of aryl methyl sites for hydroxylation is 1. The SMILES string of the molecule is Cc1ccc(P(=O)(OCCCl)C(=NO)C(=O)NN)cc1. The summed E-state index contributed by atoms with van der Waals surface area (Å²) in [6.07, 6.45) is 0. The van der Waals surface area contributed by atoms with Gasteiger partial charge in [0.25, 0.3) is 13.3 Å². The van der Waals surface area contributed by atoms with Crippen molar-refractivity contribution in [1.29, 1.82) is 0 Å². The maximum Gasteiger partial charge on any atom is 0.293 e. The molecule has 0 aliphatic rings. The molecule has 0 bridgehead atoms. The van der Waals surface area contributed by atoms with Crippen LogP contribution < -0.4 is 16.6 Å². The fourth-order valence-electron chi connectivity index (χ4n) is 1.46. The Balaban J connectivity index is 3.31. The predicted molar refractivity (Wildman–Crippen MR) is 76.6 cm³/mol. The molecular formula is C11H15ClN3O4P. The highest BCUT2D eigenvalue weighted by atomic mass is 35.5. The van der Waals surface area contributed by atoms with Gasteiger partial charge < -0.3 is 9.73 Å². The molecule has 1 aromatic rings. The summed E-state index contributed by atoms with van der Waals surface area (Å²) in [4.78, 5) is 11.6. The smallest absolute Gasteiger partial charge is 0.293 e. The molecule has 1 amide bonds. The number of benzene rings is 1. The summed E-state index contributed by atoms with van der Waals surface area (Å²) in [5, 5.41) is 12.0. The van der Waals surface area contributed by atoms with E-state index >= 15 is 0 Å². The van der Waals surface area contributed by atoms with Crippen molar-refractivity contribution in [1.82, 2.24) is 5.43 Å². The lowest BCUT2D eigenvalue weighted by Crippen LogP contribution is -2.38. The monoisotopic (exact) mass is 319 g/mol. The molecule has 0 saturated heterocycles. The van der Waals surface area contributed by atoms with Crippen molar-refractivity contribution in [3.63, 3.8) is 0 Å². The molecule has 0 radical (unpaired) electrons. The number of rotatable bonds is 6. The molecule has 110 valence electrons. The Kier molecular flexibility index (Phi) is 6.16. The van der Waals surface area contributed by atoms with Gasteiger partial charge in [-0.1, -0.05) is 22.9 Å². The molecule has 0 heterocycles. The quantitative estimate of drug-likeness (QED) is 0.137. The van der Waals surface area contributed by atoms with Crippen molar-refractivity contribution in [3.8, 4) is 0 Å². The van der Waals surface area contributed by atoms with E-state index in [0.29, 0.717) is 0 Å². The standard InChI is InChI=1S/C11H15ClN3O4P/c1-8-2-4-9(5-3-8)20(18,19-7-6-12)11(15-17)10(16)14-13/h2-5,17H,6-7,13H2,1H3,(H,14,16). The van der Waals surface area contributed by atoms with Crippen LogP contribution in [0.1, 0.15) is 5.56 Å². The van der Waals surface area contributed by atoms with Crippen LogP contribution in [0.4, 0.5) is 0 Å². The number of nitrogens with one attached hydrogen (secondary N) is 1. The lowest BCUT2D eigenvalue weighted by Gasteiger charge is -2.18. The fraction of sp³-hybridized carbons (Fsp3) is 0.273. The third kappa shape index (κ3) is 3.58. The van der Waals surface area contributed by atoms with Crippen LogP contribution in [0.2, 0.25) is 0 Å². The second-order valence-corrected chi connectivity index (χ2v) is 6.49. The van der Waals surface area contributed by atoms with Gasteiger partial charge in [-0.25, -0.2) is 5.84 Å². The van der Waals surface area contributed by atoms with Gasteiger partial charge in [0, 0.05) is 11.2 Å². The number of amides is 1. The second kappa shape index (κ2) is 7.40. The first-order valence-electron chi connectivity index (χ1n) is 5.61. The number of hydrogen-bond acceptors (Lipinski definition) is 6. The molecule has 20 heavy (non-hydrogen) atoms. The Morgan fingerprint density at radius 1 is 1.50 bits per heavy atom. The average Bonchev–Trinajstić information content (AvgIpc) is 2.46. The third-order valence-electron chi connectivity index (χ3n) is 2.43. The first-order chi connectivity index (χ1) is 9.49.